The number of hydrogen-bond acceptors (Lipinski definition) is 6. The van der Waals surface area contributed by atoms with Crippen LogP contribution in [0.4, 0.5) is 10.1 Å². The molecule has 0 spiro atoms. The number of anilines is 1. The first-order chi connectivity index (χ1) is 19.5. The molecule has 1 aromatic heterocycles. The summed E-state index contributed by atoms with van der Waals surface area (Å²) in [6.07, 6.45) is 3.93. The molecule has 5 rings (SSSR count). The van der Waals surface area contributed by atoms with E-state index in [1.165, 1.54) is 11.0 Å². The molecule has 40 heavy (non-hydrogen) atoms. The van der Waals surface area contributed by atoms with E-state index in [1.807, 2.05) is 25.1 Å². The highest BCUT2D eigenvalue weighted by Gasteiger charge is 2.34. The smallest absolute Gasteiger partial charge is 0.251 e. The van der Waals surface area contributed by atoms with Gasteiger partial charge in [-0.2, -0.15) is 4.80 Å². The lowest BCUT2D eigenvalue weighted by Crippen LogP contribution is -2.47. The van der Waals surface area contributed by atoms with Gasteiger partial charge in [-0.1, -0.05) is 55.3 Å². The molecule has 1 unspecified atom stereocenters. The molecule has 1 atom stereocenters. The number of nitrogens with zero attached hydrogens (tertiary/aromatic N) is 5. The molecule has 10 heteroatoms. The molecule has 4 aromatic rings. The zero-order valence-electron chi connectivity index (χ0n) is 22.2. The van der Waals surface area contributed by atoms with E-state index >= 15 is 0 Å². The van der Waals surface area contributed by atoms with Crippen LogP contribution in [-0.2, 0) is 16.1 Å². The van der Waals surface area contributed by atoms with Gasteiger partial charge in [0.05, 0.1) is 12.2 Å². The highest BCUT2D eigenvalue weighted by atomic mass is 19.1. The number of para-hydroxylation sites is 1. The van der Waals surface area contributed by atoms with Gasteiger partial charge < -0.3 is 10.1 Å². The lowest BCUT2D eigenvalue weighted by atomic mass is 10.0. The minimum Gasteiger partial charge on any atom is -0.494 e. The van der Waals surface area contributed by atoms with Crippen LogP contribution in [0, 0.1) is 5.82 Å². The van der Waals surface area contributed by atoms with Crippen molar-refractivity contribution in [2.45, 2.75) is 51.2 Å². The second-order valence-electron chi connectivity index (χ2n) is 9.62. The Kier molecular flexibility index (Phi) is 8.44. The Hall–Kier alpha value is -4.60. The monoisotopic (exact) mass is 542 g/mol. The summed E-state index contributed by atoms with van der Waals surface area (Å²) in [4.78, 5) is 30.4. The predicted octanol–water partition coefficient (Wildman–Crippen LogP) is 4.71. The highest BCUT2D eigenvalue weighted by molar-refractivity contribution is 6.01. The first-order valence-corrected chi connectivity index (χ1v) is 13.5. The molecular formula is C30H31FN6O3. The van der Waals surface area contributed by atoms with Gasteiger partial charge in [0, 0.05) is 11.7 Å². The Labute approximate surface area is 232 Å². The van der Waals surface area contributed by atoms with Crippen LogP contribution in [0.15, 0.2) is 78.9 Å². The van der Waals surface area contributed by atoms with Crippen molar-refractivity contribution in [2.24, 2.45) is 0 Å². The van der Waals surface area contributed by atoms with Crippen LogP contribution in [0.5, 0.6) is 5.75 Å². The van der Waals surface area contributed by atoms with Gasteiger partial charge in [-0.3, -0.25) is 14.5 Å². The molecule has 1 fully saturated rings. The first kappa shape index (κ1) is 27.0. The number of halogens is 1. The molecule has 1 aliphatic rings. The number of aromatic nitrogens is 4. The molecule has 3 aromatic carbocycles. The van der Waals surface area contributed by atoms with E-state index in [4.69, 9.17) is 4.74 Å². The highest BCUT2D eigenvalue weighted by Crippen LogP contribution is 2.30. The molecule has 206 valence electrons. The van der Waals surface area contributed by atoms with Crippen molar-refractivity contribution < 1.29 is 18.7 Å². The van der Waals surface area contributed by atoms with Crippen molar-refractivity contribution in [3.8, 4) is 17.1 Å². The van der Waals surface area contributed by atoms with E-state index in [1.54, 1.807) is 54.6 Å². The van der Waals surface area contributed by atoms with Crippen molar-refractivity contribution in [2.75, 3.05) is 11.5 Å². The third-order valence-corrected chi connectivity index (χ3v) is 6.86. The van der Waals surface area contributed by atoms with E-state index in [0.29, 0.717) is 23.6 Å². The average molecular weight is 543 g/mol. The van der Waals surface area contributed by atoms with E-state index in [0.717, 1.165) is 30.5 Å². The number of carbonyl (C=O) groups excluding carboxylic acids is 2. The Morgan fingerprint density at radius 3 is 2.42 bits per heavy atom. The summed E-state index contributed by atoms with van der Waals surface area (Å²) in [5.74, 6) is -0.445. The van der Waals surface area contributed by atoms with Gasteiger partial charge in [-0.25, -0.2) is 4.39 Å². The van der Waals surface area contributed by atoms with Crippen molar-refractivity contribution in [3.05, 3.63) is 90.2 Å². The standard InChI is InChI=1S/C30H31FN6O3/c1-2-40-24-18-16-21(17-19-24)28(30(39)32-22-10-6-7-11-22)37(23-12-4-3-5-13-23)27(38)20-36-34-29(33-35-36)25-14-8-9-15-26(25)31/h3-5,8-9,12-19,22,28H,2,6-7,10-11,20H2,1H3,(H,32,39). The van der Waals surface area contributed by atoms with Crippen LogP contribution in [0.1, 0.15) is 44.2 Å². The minimum absolute atomic E-state index is 0.0609. The lowest BCUT2D eigenvalue weighted by molar-refractivity contribution is -0.127. The maximum atomic E-state index is 14.3. The molecule has 0 bridgehead atoms. The Morgan fingerprint density at radius 2 is 1.73 bits per heavy atom. The zero-order valence-corrected chi connectivity index (χ0v) is 22.2. The van der Waals surface area contributed by atoms with Crippen molar-refractivity contribution >= 4 is 17.5 Å². The van der Waals surface area contributed by atoms with E-state index in [9.17, 15) is 14.0 Å². The first-order valence-electron chi connectivity index (χ1n) is 13.5. The molecule has 1 aliphatic carbocycles. The third kappa shape index (κ3) is 6.17. The number of ether oxygens (including phenoxy) is 1. The Bertz CT molecular complexity index is 1440. The quantitative estimate of drug-likeness (QED) is 0.311. The van der Waals surface area contributed by atoms with E-state index in [2.05, 4.69) is 20.7 Å². The number of rotatable bonds is 10. The largest absolute Gasteiger partial charge is 0.494 e. The summed E-state index contributed by atoms with van der Waals surface area (Å²) in [5, 5.41) is 15.3. The van der Waals surface area contributed by atoms with Gasteiger partial charge in [-0.05, 0) is 66.9 Å². The summed E-state index contributed by atoms with van der Waals surface area (Å²) in [6, 6.07) is 21.4. The van der Waals surface area contributed by atoms with Crippen LogP contribution >= 0.6 is 0 Å². The Morgan fingerprint density at radius 1 is 1.02 bits per heavy atom. The van der Waals surface area contributed by atoms with Gasteiger partial charge in [0.25, 0.3) is 5.91 Å². The van der Waals surface area contributed by atoms with Gasteiger partial charge in [0.2, 0.25) is 11.7 Å². The van der Waals surface area contributed by atoms with Crippen LogP contribution < -0.4 is 15.0 Å². The minimum atomic E-state index is -0.958. The van der Waals surface area contributed by atoms with Gasteiger partial charge >= 0.3 is 0 Å². The number of carbonyl (C=O) groups is 2. The molecule has 1 N–H and O–H groups in total. The normalized spacial score (nSPS) is 14.1. The van der Waals surface area contributed by atoms with Crippen molar-refractivity contribution in [3.63, 3.8) is 0 Å². The molecule has 0 saturated heterocycles. The average Bonchev–Trinajstić information content (AvgIpc) is 3.65. The number of tetrazole rings is 1. The molecule has 2 amide bonds. The molecular weight excluding hydrogens is 511 g/mol. The number of nitrogens with one attached hydrogen (secondary N) is 1. The fourth-order valence-electron chi connectivity index (χ4n) is 4.96. The topological polar surface area (TPSA) is 102 Å². The lowest BCUT2D eigenvalue weighted by Gasteiger charge is -2.32. The van der Waals surface area contributed by atoms with Gasteiger partial charge in [0.15, 0.2) is 0 Å². The zero-order chi connectivity index (χ0) is 27.9. The number of amides is 2. The van der Waals surface area contributed by atoms with Crippen LogP contribution in [-0.4, -0.2) is 44.7 Å². The summed E-state index contributed by atoms with van der Waals surface area (Å²) >= 11 is 0. The summed E-state index contributed by atoms with van der Waals surface area (Å²) < 4.78 is 19.9. The Balaban J connectivity index is 1.49. The molecule has 9 nitrogen and oxygen atoms in total. The second-order valence-corrected chi connectivity index (χ2v) is 9.62. The second kappa shape index (κ2) is 12.5. The van der Waals surface area contributed by atoms with E-state index < -0.39 is 17.8 Å². The predicted molar refractivity (Wildman–Crippen MR) is 148 cm³/mol. The maximum absolute atomic E-state index is 14.3. The van der Waals surface area contributed by atoms with Crippen LogP contribution in [0.25, 0.3) is 11.4 Å². The summed E-state index contributed by atoms with van der Waals surface area (Å²) in [6.45, 7) is 2.11. The van der Waals surface area contributed by atoms with Gasteiger partial charge in [-0.15, -0.1) is 10.2 Å². The fourth-order valence-corrected chi connectivity index (χ4v) is 4.96. The third-order valence-electron chi connectivity index (χ3n) is 6.86. The molecule has 1 saturated carbocycles. The molecule has 0 radical (unpaired) electrons. The van der Waals surface area contributed by atoms with E-state index in [-0.39, 0.29) is 29.9 Å². The number of hydrogen-bond donors (Lipinski definition) is 1. The fraction of sp³-hybridized carbons (Fsp3) is 0.300. The summed E-state index contributed by atoms with van der Waals surface area (Å²) in [5.41, 5.74) is 1.36. The van der Waals surface area contributed by atoms with Gasteiger partial charge in [0.1, 0.15) is 24.2 Å². The molecule has 0 aliphatic heterocycles. The van der Waals surface area contributed by atoms with Crippen LogP contribution in [0.3, 0.4) is 0 Å². The SMILES string of the molecule is CCOc1ccc(C(C(=O)NC2CCCC2)N(C(=O)Cn2nnc(-c3ccccc3F)n2)c2ccccc2)cc1. The number of benzene rings is 3. The van der Waals surface area contributed by atoms with Crippen molar-refractivity contribution in [1.29, 1.82) is 0 Å². The maximum Gasteiger partial charge on any atom is 0.251 e. The van der Waals surface area contributed by atoms with Crippen molar-refractivity contribution in [1.82, 2.24) is 25.5 Å². The van der Waals surface area contributed by atoms with Crippen LogP contribution in [0.2, 0.25) is 0 Å². The summed E-state index contributed by atoms with van der Waals surface area (Å²) in [7, 11) is 0. The molecule has 1 heterocycles.